The lowest BCUT2D eigenvalue weighted by Gasteiger charge is -2.06. The maximum atomic E-state index is 13.0. The van der Waals surface area contributed by atoms with E-state index in [9.17, 15) is 9.18 Å². The molecule has 100 valence electrons. The number of carbonyl (C=O) groups is 1. The number of hydrogen-bond acceptors (Lipinski definition) is 3. The first-order chi connectivity index (χ1) is 9.11. The van der Waals surface area contributed by atoms with E-state index in [0.717, 1.165) is 5.56 Å². The van der Waals surface area contributed by atoms with Crippen molar-refractivity contribution in [1.82, 2.24) is 9.78 Å². The summed E-state index contributed by atoms with van der Waals surface area (Å²) in [6.45, 7) is 2.63. The molecule has 0 bridgehead atoms. The van der Waals surface area contributed by atoms with E-state index >= 15 is 0 Å². The fraction of sp³-hybridized carbons (Fsp3) is 0.231. The van der Waals surface area contributed by atoms with Crippen molar-refractivity contribution in [3.8, 4) is 0 Å². The van der Waals surface area contributed by atoms with Crippen molar-refractivity contribution >= 4 is 11.7 Å². The molecule has 0 saturated carbocycles. The number of aryl methyl sites for hydroxylation is 1. The Kier molecular flexibility index (Phi) is 3.79. The Morgan fingerprint density at radius 2 is 2.32 bits per heavy atom. The highest BCUT2D eigenvalue weighted by Crippen LogP contribution is 2.16. The van der Waals surface area contributed by atoms with Crippen LogP contribution < -0.4 is 5.32 Å². The number of benzene rings is 1. The molecule has 0 fully saturated rings. The zero-order valence-electron chi connectivity index (χ0n) is 10.4. The SMILES string of the molecule is CCn1ncc(NCc2cccc(F)c2)c1C(=O)O. The molecule has 5 nitrogen and oxygen atoms in total. The second-order valence-electron chi connectivity index (χ2n) is 4.01. The molecule has 2 rings (SSSR count). The van der Waals surface area contributed by atoms with Crippen LogP contribution in [0.4, 0.5) is 10.1 Å². The number of nitrogens with one attached hydrogen (secondary N) is 1. The molecule has 0 radical (unpaired) electrons. The Hall–Kier alpha value is -2.37. The van der Waals surface area contributed by atoms with Gasteiger partial charge in [0.25, 0.3) is 0 Å². The van der Waals surface area contributed by atoms with E-state index in [4.69, 9.17) is 5.11 Å². The van der Waals surface area contributed by atoms with Gasteiger partial charge in [-0.2, -0.15) is 5.10 Å². The van der Waals surface area contributed by atoms with Crippen LogP contribution in [0.3, 0.4) is 0 Å². The normalized spacial score (nSPS) is 10.4. The smallest absolute Gasteiger partial charge is 0.356 e. The van der Waals surface area contributed by atoms with E-state index in [1.54, 1.807) is 12.1 Å². The molecule has 2 N–H and O–H groups in total. The van der Waals surface area contributed by atoms with Crippen LogP contribution in [-0.4, -0.2) is 20.9 Å². The van der Waals surface area contributed by atoms with Gasteiger partial charge in [-0.3, -0.25) is 4.68 Å². The van der Waals surface area contributed by atoms with Crippen LogP contribution in [0, 0.1) is 5.82 Å². The number of rotatable bonds is 5. The van der Waals surface area contributed by atoms with Crippen LogP contribution in [0.5, 0.6) is 0 Å². The second-order valence-corrected chi connectivity index (χ2v) is 4.01. The number of nitrogens with zero attached hydrogens (tertiary/aromatic N) is 2. The van der Waals surface area contributed by atoms with E-state index in [2.05, 4.69) is 10.4 Å². The van der Waals surface area contributed by atoms with Gasteiger partial charge in [0, 0.05) is 13.1 Å². The van der Waals surface area contributed by atoms with Crippen molar-refractivity contribution in [3.05, 3.63) is 47.5 Å². The minimum absolute atomic E-state index is 0.110. The van der Waals surface area contributed by atoms with Gasteiger partial charge in [-0.1, -0.05) is 12.1 Å². The number of halogens is 1. The van der Waals surface area contributed by atoms with Gasteiger partial charge in [-0.15, -0.1) is 0 Å². The number of anilines is 1. The van der Waals surface area contributed by atoms with Gasteiger partial charge in [-0.25, -0.2) is 9.18 Å². The van der Waals surface area contributed by atoms with Crippen molar-refractivity contribution < 1.29 is 14.3 Å². The topological polar surface area (TPSA) is 67.2 Å². The third-order valence-electron chi connectivity index (χ3n) is 2.71. The minimum atomic E-state index is -1.04. The minimum Gasteiger partial charge on any atom is -0.476 e. The molecule has 0 amide bonds. The van der Waals surface area contributed by atoms with E-state index in [0.29, 0.717) is 18.8 Å². The third-order valence-corrected chi connectivity index (χ3v) is 2.71. The van der Waals surface area contributed by atoms with Gasteiger partial charge in [-0.05, 0) is 24.6 Å². The van der Waals surface area contributed by atoms with Crippen molar-refractivity contribution in [3.63, 3.8) is 0 Å². The molecular formula is C13H14FN3O2. The highest BCUT2D eigenvalue weighted by molar-refractivity contribution is 5.92. The van der Waals surface area contributed by atoms with Crippen LogP contribution in [0.1, 0.15) is 23.0 Å². The Morgan fingerprint density at radius 3 is 2.95 bits per heavy atom. The Balaban J connectivity index is 2.16. The summed E-state index contributed by atoms with van der Waals surface area (Å²) in [7, 11) is 0. The molecule has 0 atom stereocenters. The summed E-state index contributed by atoms with van der Waals surface area (Å²) in [4.78, 5) is 11.2. The zero-order chi connectivity index (χ0) is 13.8. The highest BCUT2D eigenvalue weighted by atomic mass is 19.1. The molecule has 0 aliphatic heterocycles. The summed E-state index contributed by atoms with van der Waals surface area (Å²) < 4.78 is 14.4. The van der Waals surface area contributed by atoms with Crippen molar-refractivity contribution in [1.29, 1.82) is 0 Å². The van der Waals surface area contributed by atoms with Crippen LogP contribution in [0.15, 0.2) is 30.5 Å². The van der Waals surface area contributed by atoms with Crippen molar-refractivity contribution in [2.45, 2.75) is 20.0 Å². The summed E-state index contributed by atoms with van der Waals surface area (Å²) in [5.41, 5.74) is 1.28. The lowest BCUT2D eigenvalue weighted by atomic mass is 10.2. The predicted octanol–water partition coefficient (Wildman–Crippen LogP) is 2.35. The average Bonchev–Trinajstić information content (AvgIpc) is 2.79. The Morgan fingerprint density at radius 1 is 1.53 bits per heavy atom. The highest BCUT2D eigenvalue weighted by Gasteiger charge is 2.16. The maximum Gasteiger partial charge on any atom is 0.356 e. The van der Waals surface area contributed by atoms with Gasteiger partial charge >= 0.3 is 5.97 Å². The lowest BCUT2D eigenvalue weighted by Crippen LogP contribution is -2.11. The average molecular weight is 263 g/mol. The van der Waals surface area contributed by atoms with Crippen LogP contribution in [0.25, 0.3) is 0 Å². The molecule has 1 aromatic carbocycles. The number of carboxylic acid groups (broad SMARTS) is 1. The van der Waals surface area contributed by atoms with Crippen molar-refractivity contribution in [2.75, 3.05) is 5.32 Å². The Labute approximate surface area is 109 Å². The quantitative estimate of drug-likeness (QED) is 0.869. The van der Waals surface area contributed by atoms with Gasteiger partial charge in [0.2, 0.25) is 0 Å². The monoisotopic (exact) mass is 263 g/mol. The maximum absolute atomic E-state index is 13.0. The van der Waals surface area contributed by atoms with E-state index < -0.39 is 5.97 Å². The fourth-order valence-electron chi connectivity index (χ4n) is 1.82. The first-order valence-corrected chi connectivity index (χ1v) is 5.89. The van der Waals surface area contributed by atoms with Crippen LogP contribution in [-0.2, 0) is 13.1 Å². The second kappa shape index (κ2) is 5.51. The summed E-state index contributed by atoms with van der Waals surface area (Å²) in [5, 5.41) is 16.1. The van der Waals surface area contributed by atoms with E-state index in [1.165, 1.54) is 23.0 Å². The molecule has 6 heteroatoms. The van der Waals surface area contributed by atoms with Crippen LogP contribution in [0.2, 0.25) is 0 Å². The number of hydrogen-bond donors (Lipinski definition) is 2. The molecule has 0 unspecified atom stereocenters. The first kappa shape index (κ1) is 13.1. The number of aromatic nitrogens is 2. The predicted molar refractivity (Wildman–Crippen MR) is 68.6 cm³/mol. The van der Waals surface area contributed by atoms with E-state index in [-0.39, 0.29) is 11.5 Å². The summed E-state index contributed by atoms with van der Waals surface area (Å²) in [6.07, 6.45) is 1.46. The lowest BCUT2D eigenvalue weighted by molar-refractivity contribution is 0.0684. The summed E-state index contributed by atoms with van der Waals surface area (Å²) >= 11 is 0. The zero-order valence-corrected chi connectivity index (χ0v) is 10.4. The molecule has 0 saturated heterocycles. The van der Waals surface area contributed by atoms with Gasteiger partial charge in [0.15, 0.2) is 5.69 Å². The number of aromatic carboxylic acids is 1. The van der Waals surface area contributed by atoms with Gasteiger partial charge in [0.1, 0.15) is 5.82 Å². The largest absolute Gasteiger partial charge is 0.476 e. The molecular weight excluding hydrogens is 249 g/mol. The Bertz CT molecular complexity index is 595. The number of carboxylic acids is 1. The fourth-order valence-corrected chi connectivity index (χ4v) is 1.82. The van der Waals surface area contributed by atoms with E-state index in [1.807, 2.05) is 6.92 Å². The third kappa shape index (κ3) is 2.90. The first-order valence-electron chi connectivity index (χ1n) is 5.89. The van der Waals surface area contributed by atoms with Gasteiger partial charge in [0.05, 0.1) is 11.9 Å². The molecule has 0 aliphatic carbocycles. The molecule has 19 heavy (non-hydrogen) atoms. The van der Waals surface area contributed by atoms with Gasteiger partial charge < -0.3 is 10.4 Å². The molecule has 0 aliphatic rings. The molecule has 1 heterocycles. The van der Waals surface area contributed by atoms with Crippen molar-refractivity contribution in [2.24, 2.45) is 0 Å². The molecule has 1 aromatic heterocycles. The summed E-state index contributed by atoms with van der Waals surface area (Å²) in [5.74, 6) is -1.36. The van der Waals surface area contributed by atoms with Crippen LogP contribution >= 0.6 is 0 Å². The summed E-state index contributed by atoms with van der Waals surface area (Å²) in [6, 6.07) is 6.14. The standard InChI is InChI=1S/C13H14FN3O2/c1-2-17-12(13(18)19)11(8-16-17)15-7-9-4-3-5-10(14)6-9/h3-6,8,15H,2,7H2,1H3,(H,18,19). The molecule has 0 spiro atoms. The molecule has 2 aromatic rings.